The van der Waals surface area contributed by atoms with E-state index in [2.05, 4.69) is 16.0 Å². The van der Waals surface area contributed by atoms with Gasteiger partial charge in [0.25, 0.3) is 5.91 Å². The Hall–Kier alpha value is -3.06. The Morgan fingerprint density at radius 3 is 2.62 bits per heavy atom. The third kappa shape index (κ3) is 4.68. The fraction of sp³-hybridized carbons (Fsp3) is 0.273. The highest BCUT2D eigenvalue weighted by atomic mass is 32.1. The van der Waals surface area contributed by atoms with Gasteiger partial charge in [-0.3, -0.25) is 4.79 Å². The van der Waals surface area contributed by atoms with Crippen LogP contribution in [0.3, 0.4) is 0 Å². The largest absolute Gasteiger partial charge is 0.493 e. The van der Waals surface area contributed by atoms with Gasteiger partial charge in [0, 0.05) is 16.9 Å². The molecule has 7 heteroatoms. The van der Waals surface area contributed by atoms with Crippen LogP contribution in [0.4, 0.5) is 5.69 Å². The molecule has 0 radical (unpaired) electrons. The van der Waals surface area contributed by atoms with E-state index in [4.69, 9.17) is 21.7 Å². The third-order valence-electron chi connectivity index (χ3n) is 4.54. The van der Waals surface area contributed by atoms with Gasteiger partial charge < -0.3 is 25.4 Å². The van der Waals surface area contributed by atoms with Crippen molar-refractivity contribution in [3.8, 4) is 11.5 Å². The van der Waals surface area contributed by atoms with E-state index in [9.17, 15) is 4.79 Å². The second kappa shape index (κ2) is 9.43. The van der Waals surface area contributed by atoms with Crippen LogP contribution in [0.5, 0.6) is 11.5 Å². The SMILES string of the molecule is CCCOc1c(OC)cccc1[C@H]1NC(=S)NC(C)=C1C(=O)Nc1ccccc1. The second-order valence-corrected chi connectivity index (χ2v) is 7.03. The molecule has 29 heavy (non-hydrogen) atoms. The third-order valence-corrected chi connectivity index (χ3v) is 4.76. The van der Waals surface area contributed by atoms with Crippen LogP contribution in [0.25, 0.3) is 0 Å². The van der Waals surface area contributed by atoms with Crippen LogP contribution in [-0.4, -0.2) is 24.7 Å². The number of carbonyl (C=O) groups is 1. The van der Waals surface area contributed by atoms with Crippen molar-refractivity contribution in [3.63, 3.8) is 0 Å². The zero-order valence-corrected chi connectivity index (χ0v) is 17.6. The number of methoxy groups -OCH3 is 1. The van der Waals surface area contributed by atoms with E-state index in [0.717, 1.165) is 17.7 Å². The quantitative estimate of drug-likeness (QED) is 0.600. The summed E-state index contributed by atoms with van der Waals surface area (Å²) in [5.41, 5.74) is 2.74. The number of ether oxygens (including phenoxy) is 2. The minimum Gasteiger partial charge on any atom is -0.493 e. The number of rotatable bonds is 7. The molecule has 2 aromatic rings. The molecule has 6 nitrogen and oxygen atoms in total. The Balaban J connectivity index is 2.03. The van der Waals surface area contributed by atoms with Crippen molar-refractivity contribution in [1.82, 2.24) is 10.6 Å². The lowest BCUT2D eigenvalue weighted by molar-refractivity contribution is -0.113. The Morgan fingerprint density at radius 1 is 1.17 bits per heavy atom. The van der Waals surface area contributed by atoms with Gasteiger partial charge in [0.15, 0.2) is 16.6 Å². The van der Waals surface area contributed by atoms with Gasteiger partial charge in [-0.15, -0.1) is 0 Å². The number of para-hydroxylation sites is 2. The molecule has 1 heterocycles. The van der Waals surface area contributed by atoms with Gasteiger partial charge in [-0.2, -0.15) is 0 Å². The molecule has 0 spiro atoms. The van der Waals surface area contributed by atoms with E-state index in [1.165, 1.54) is 0 Å². The highest BCUT2D eigenvalue weighted by Crippen LogP contribution is 2.39. The number of hydrogen-bond donors (Lipinski definition) is 3. The molecule has 0 bridgehead atoms. The maximum absolute atomic E-state index is 13.2. The van der Waals surface area contributed by atoms with Crippen molar-refractivity contribution in [3.05, 3.63) is 65.4 Å². The van der Waals surface area contributed by atoms with Crippen LogP contribution < -0.4 is 25.4 Å². The van der Waals surface area contributed by atoms with Crippen LogP contribution in [0, 0.1) is 0 Å². The summed E-state index contributed by atoms with van der Waals surface area (Å²) in [6.45, 7) is 4.42. The van der Waals surface area contributed by atoms with Crippen LogP contribution in [0.2, 0.25) is 0 Å². The molecular formula is C22H25N3O3S. The fourth-order valence-electron chi connectivity index (χ4n) is 3.23. The Labute approximate surface area is 176 Å². The van der Waals surface area contributed by atoms with Crippen LogP contribution in [0.15, 0.2) is 59.8 Å². The van der Waals surface area contributed by atoms with Crippen molar-refractivity contribution in [1.29, 1.82) is 0 Å². The smallest absolute Gasteiger partial charge is 0.255 e. The van der Waals surface area contributed by atoms with Gasteiger partial charge in [0.1, 0.15) is 0 Å². The number of thiocarbonyl (C=S) groups is 1. The number of carbonyl (C=O) groups excluding carboxylic acids is 1. The number of hydrogen-bond acceptors (Lipinski definition) is 4. The molecule has 1 amide bonds. The standard InChI is InChI=1S/C22H25N3O3S/c1-4-13-28-20-16(11-8-12-17(20)27-3)19-18(14(2)23-22(29)25-19)21(26)24-15-9-6-5-7-10-15/h5-12,19H,4,13H2,1-3H3,(H,24,26)(H2,23,25,29)/t19-/m1/s1. The van der Waals surface area contributed by atoms with Crippen LogP contribution in [0.1, 0.15) is 31.9 Å². The van der Waals surface area contributed by atoms with E-state index in [-0.39, 0.29) is 5.91 Å². The average molecular weight is 412 g/mol. The fourth-order valence-corrected chi connectivity index (χ4v) is 3.50. The Morgan fingerprint density at radius 2 is 1.93 bits per heavy atom. The topological polar surface area (TPSA) is 71.6 Å². The van der Waals surface area contributed by atoms with Crippen molar-refractivity contribution >= 4 is 28.9 Å². The molecule has 2 aromatic carbocycles. The Bertz CT molecular complexity index is 928. The molecule has 1 aliphatic rings. The molecule has 3 rings (SSSR count). The molecule has 3 N–H and O–H groups in total. The summed E-state index contributed by atoms with van der Waals surface area (Å²) in [5, 5.41) is 9.68. The first-order chi connectivity index (χ1) is 14.0. The molecule has 0 saturated carbocycles. The molecule has 152 valence electrons. The first kappa shape index (κ1) is 20.7. The van der Waals surface area contributed by atoms with E-state index in [0.29, 0.717) is 34.5 Å². The highest BCUT2D eigenvalue weighted by molar-refractivity contribution is 7.80. The number of benzene rings is 2. The number of anilines is 1. The Kier molecular flexibility index (Phi) is 6.72. The maximum atomic E-state index is 13.2. The molecule has 0 saturated heterocycles. The zero-order chi connectivity index (χ0) is 20.8. The maximum Gasteiger partial charge on any atom is 0.255 e. The van der Waals surface area contributed by atoms with Crippen LogP contribution in [-0.2, 0) is 4.79 Å². The number of nitrogens with one attached hydrogen (secondary N) is 3. The lowest BCUT2D eigenvalue weighted by atomic mass is 9.93. The van der Waals surface area contributed by atoms with Gasteiger partial charge in [0.2, 0.25) is 0 Å². The minimum atomic E-state index is -0.477. The van der Waals surface area contributed by atoms with E-state index in [1.807, 2.05) is 62.4 Å². The number of amides is 1. The zero-order valence-electron chi connectivity index (χ0n) is 16.7. The lowest BCUT2D eigenvalue weighted by Crippen LogP contribution is -2.45. The average Bonchev–Trinajstić information content (AvgIpc) is 2.72. The van der Waals surface area contributed by atoms with Crippen molar-refractivity contribution < 1.29 is 14.3 Å². The van der Waals surface area contributed by atoms with Crippen LogP contribution >= 0.6 is 12.2 Å². The molecule has 0 aliphatic carbocycles. The highest BCUT2D eigenvalue weighted by Gasteiger charge is 2.32. The first-order valence-electron chi connectivity index (χ1n) is 9.49. The monoisotopic (exact) mass is 411 g/mol. The number of allylic oxidation sites excluding steroid dienone is 1. The second-order valence-electron chi connectivity index (χ2n) is 6.62. The molecule has 0 aromatic heterocycles. The van der Waals surface area contributed by atoms with Gasteiger partial charge in [0.05, 0.1) is 25.3 Å². The van der Waals surface area contributed by atoms with Gasteiger partial charge >= 0.3 is 0 Å². The summed E-state index contributed by atoms with van der Waals surface area (Å²) >= 11 is 5.36. The molecular weight excluding hydrogens is 386 g/mol. The van der Waals surface area contributed by atoms with Gasteiger partial charge in [-0.05, 0) is 43.8 Å². The van der Waals surface area contributed by atoms with Gasteiger partial charge in [-0.1, -0.05) is 37.3 Å². The molecule has 0 fully saturated rings. The summed E-state index contributed by atoms with van der Waals surface area (Å²) in [6.07, 6.45) is 0.853. The van der Waals surface area contributed by atoms with Crippen molar-refractivity contribution in [2.75, 3.05) is 19.0 Å². The lowest BCUT2D eigenvalue weighted by Gasteiger charge is -2.31. The van der Waals surface area contributed by atoms with E-state index in [1.54, 1.807) is 7.11 Å². The predicted molar refractivity (Wildman–Crippen MR) is 118 cm³/mol. The summed E-state index contributed by atoms with van der Waals surface area (Å²) in [5.74, 6) is 1.00. The predicted octanol–water partition coefficient (Wildman–Crippen LogP) is 3.92. The van der Waals surface area contributed by atoms with E-state index >= 15 is 0 Å². The molecule has 1 atom stereocenters. The molecule has 1 aliphatic heterocycles. The summed E-state index contributed by atoms with van der Waals surface area (Å²) in [7, 11) is 1.60. The molecule has 0 unspecified atom stereocenters. The van der Waals surface area contributed by atoms with Crippen molar-refractivity contribution in [2.45, 2.75) is 26.3 Å². The summed E-state index contributed by atoms with van der Waals surface area (Å²) in [6, 6.07) is 14.5. The van der Waals surface area contributed by atoms with Gasteiger partial charge in [-0.25, -0.2) is 0 Å². The van der Waals surface area contributed by atoms with E-state index < -0.39 is 6.04 Å². The summed E-state index contributed by atoms with van der Waals surface area (Å²) < 4.78 is 11.5. The normalized spacial score (nSPS) is 16.0. The first-order valence-corrected chi connectivity index (χ1v) is 9.90. The minimum absolute atomic E-state index is 0.217. The summed E-state index contributed by atoms with van der Waals surface area (Å²) in [4.78, 5) is 13.2. The van der Waals surface area contributed by atoms with Crippen molar-refractivity contribution in [2.24, 2.45) is 0 Å².